The lowest BCUT2D eigenvalue weighted by Crippen LogP contribution is -2.56. The Kier molecular flexibility index (Phi) is 6.30. The highest BCUT2D eigenvalue weighted by Crippen LogP contribution is 2.55. The molecule has 2 N–H and O–H groups in total. The monoisotopic (exact) mass is 557 g/mol. The van der Waals surface area contributed by atoms with Crippen LogP contribution in [0, 0.1) is 25.7 Å². The summed E-state index contributed by atoms with van der Waals surface area (Å²) in [6.07, 6.45) is 8.28. The van der Waals surface area contributed by atoms with Crippen molar-refractivity contribution >= 4 is 23.4 Å². The number of likely N-dealkylation sites (tertiary alicyclic amines) is 1. The van der Waals surface area contributed by atoms with E-state index in [1.54, 1.807) is 4.90 Å². The van der Waals surface area contributed by atoms with Gasteiger partial charge >= 0.3 is 0 Å². The third-order valence-corrected chi connectivity index (χ3v) is 9.16. The molecule has 3 amide bonds. The summed E-state index contributed by atoms with van der Waals surface area (Å²) in [4.78, 5) is 43.7. The zero-order valence-electron chi connectivity index (χ0n) is 23.4. The van der Waals surface area contributed by atoms with Gasteiger partial charge in [-0.15, -0.1) is 0 Å². The predicted octanol–water partition coefficient (Wildman–Crippen LogP) is 3.77. The normalized spacial score (nSPS) is 29.6. The Labute approximate surface area is 239 Å². The second-order valence-electron chi connectivity index (χ2n) is 12.1. The summed E-state index contributed by atoms with van der Waals surface area (Å²) in [7, 11) is 0. The molecule has 9 heteroatoms. The number of fused-ring (bicyclic) bond motifs is 2. The molecule has 1 spiro atoms. The van der Waals surface area contributed by atoms with Gasteiger partial charge in [0.25, 0.3) is 0 Å². The summed E-state index contributed by atoms with van der Waals surface area (Å²) >= 11 is 0. The summed E-state index contributed by atoms with van der Waals surface area (Å²) in [5, 5.41) is 6.26. The van der Waals surface area contributed by atoms with Crippen molar-refractivity contribution < 1.29 is 28.6 Å². The van der Waals surface area contributed by atoms with Crippen molar-refractivity contribution in [2.75, 3.05) is 12.1 Å². The standard InChI is InChI=1S/C32H35N3O6/c1-18-12-19(2)14-22(13-18)34-29(36)26-24-10-11-32(41-24)27(26)31(38)35(16-20-8-9-23-25(15-20)40-17-39-23)28(32)30(37)33-21-6-4-3-5-7-21/h8-15,21,24,26-28H,3-7,16-17H2,1-2H3,(H,33,37)(H,34,36). The van der Waals surface area contributed by atoms with E-state index in [-0.39, 0.29) is 37.1 Å². The zero-order chi connectivity index (χ0) is 28.3. The van der Waals surface area contributed by atoms with Crippen LogP contribution in [0.5, 0.6) is 11.5 Å². The average molecular weight is 558 g/mol. The number of nitrogens with one attached hydrogen (secondary N) is 2. The smallest absolute Gasteiger partial charge is 0.246 e. The minimum absolute atomic E-state index is 0.0698. The number of hydrogen-bond donors (Lipinski definition) is 2. The van der Waals surface area contributed by atoms with Crippen molar-refractivity contribution in [2.45, 2.75) is 76.3 Å². The van der Waals surface area contributed by atoms with E-state index in [0.717, 1.165) is 42.4 Å². The first-order chi connectivity index (χ1) is 19.8. The number of aryl methyl sites for hydroxylation is 2. The van der Waals surface area contributed by atoms with Crippen LogP contribution in [0.1, 0.15) is 48.8 Å². The third-order valence-electron chi connectivity index (χ3n) is 9.16. The number of amides is 3. The topological polar surface area (TPSA) is 106 Å². The fraction of sp³-hybridized carbons (Fsp3) is 0.469. The van der Waals surface area contributed by atoms with Gasteiger partial charge in [0.2, 0.25) is 24.5 Å². The molecule has 2 aromatic carbocycles. The lowest BCUT2D eigenvalue weighted by molar-refractivity contribution is -0.142. The van der Waals surface area contributed by atoms with E-state index >= 15 is 0 Å². The van der Waals surface area contributed by atoms with E-state index in [0.29, 0.717) is 17.2 Å². The Morgan fingerprint density at radius 2 is 1.73 bits per heavy atom. The molecule has 3 fully saturated rings. The second kappa shape index (κ2) is 9.91. The van der Waals surface area contributed by atoms with E-state index in [1.807, 2.05) is 62.4 Å². The molecule has 5 atom stereocenters. The highest BCUT2D eigenvalue weighted by Gasteiger charge is 2.72. The fourth-order valence-corrected chi connectivity index (χ4v) is 7.47. The molecule has 1 saturated carbocycles. The van der Waals surface area contributed by atoms with E-state index in [9.17, 15) is 14.4 Å². The molecule has 7 rings (SSSR count). The summed E-state index contributed by atoms with van der Waals surface area (Å²) < 4.78 is 17.5. The number of benzene rings is 2. The Balaban J connectivity index is 1.21. The first-order valence-electron chi connectivity index (χ1n) is 14.6. The number of hydrogen-bond acceptors (Lipinski definition) is 6. The molecule has 4 aliphatic heterocycles. The van der Waals surface area contributed by atoms with Crippen molar-refractivity contribution in [3.63, 3.8) is 0 Å². The van der Waals surface area contributed by atoms with Crippen LogP contribution in [0.2, 0.25) is 0 Å². The van der Waals surface area contributed by atoms with Crippen molar-refractivity contribution in [1.29, 1.82) is 0 Å². The number of carbonyl (C=O) groups excluding carboxylic acids is 3. The lowest BCUT2D eigenvalue weighted by Gasteiger charge is -2.34. The summed E-state index contributed by atoms with van der Waals surface area (Å²) in [6.45, 7) is 4.29. The van der Waals surface area contributed by atoms with Crippen molar-refractivity contribution in [1.82, 2.24) is 10.2 Å². The highest BCUT2D eigenvalue weighted by molar-refractivity contribution is 6.02. The van der Waals surface area contributed by atoms with Gasteiger partial charge in [0, 0.05) is 18.3 Å². The number of nitrogens with zero attached hydrogens (tertiary/aromatic N) is 1. The average Bonchev–Trinajstić information content (AvgIpc) is 3.69. The van der Waals surface area contributed by atoms with Crippen LogP contribution in [-0.2, 0) is 25.7 Å². The van der Waals surface area contributed by atoms with Gasteiger partial charge in [-0.1, -0.05) is 43.5 Å². The SMILES string of the molecule is Cc1cc(C)cc(NC(=O)C2C3C=CC4(O3)C2C(=O)N(Cc2ccc3c(c2)OCO3)C4C(=O)NC2CCCCC2)c1. The van der Waals surface area contributed by atoms with Crippen LogP contribution in [-0.4, -0.2) is 53.2 Å². The largest absolute Gasteiger partial charge is 0.454 e. The minimum Gasteiger partial charge on any atom is -0.454 e. The summed E-state index contributed by atoms with van der Waals surface area (Å²) in [5.41, 5.74) is 2.35. The van der Waals surface area contributed by atoms with Gasteiger partial charge in [-0.2, -0.15) is 0 Å². The number of carbonyl (C=O) groups is 3. The number of anilines is 1. The van der Waals surface area contributed by atoms with Gasteiger partial charge in [-0.25, -0.2) is 0 Å². The Bertz CT molecular complexity index is 1430. The predicted molar refractivity (Wildman–Crippen MR) is 150 cm³/mol. The van der Waals surface area contributed by atoms with Gasteiger partial charge in [-0.05, 0) is 67.6 Å². The number of rotatable bonds is 6. The molecule has 9 nitrogen and oxygen atoms in total. The summed E-state index contributed by atoms with van der Waals surface area (Å²) in [5.74, 6) is -1.05. The summed E-state index contributed by atoms with van der Waals surface area (Å²) in [6, 6.07) is 10.6. The van der Waals surface area contributed by atoms with Crippen molar-refractivity contribution in [3.05, 3.63) is 65.2 Å². The van der Waals surface area contributed by atoms with Gasteiger partial charge in [0.05, 0.1) is 17.9 Å². The maximum Gasteiger partial charge on any atom is 0.246 e. The van der Waals surface area contributed by atoms with Crippen LogP contribution < -0.4 is 20.1 Å². The van der Waals surface area contributed by atoms with Gasteiger partial charge in [0.15, 0.2) is 11.5 Å². The molecule has 1 aliphatic carbocycles. The fourth-order valence-electron chi connectivity index (χ4n) is 7.47. The van der Waals surface area contributed by atoms with E-state index in [2.05, 4.69) is 10.6 Å². The van der Waals surface area contributed by atoms with Crippen LogP contribution in [0.25, 0.3) is 0 Å². The molecule has 2 saturated heterocycles. The van der Waals surface area contributed by atoms with E-state index < -0.39 is 29.6 Å². The van der Waals surface area contributed by atoms with Crippen molar-refractivity contribution in [2.24, 2.45) is 11.8 Å². The van der Waals surface area contributed by atoms with E-state index in [4.69, 9.17) is 14.2 Å². The molecule has 2 aromatic rings. The van der Waals surface area contributed by atoms with E-state index in [1.165, 1.54) is 6.42 Å². The molecule has 5 aliphatic rings. The van der Waals surface area contributed by atoms with Crippen molar-refractivity contribution in [3.8, 4) is 11.5 Å². The third kappa shape index (κ3) is 4.38. The van der Waals surface area contributed by atoms with Gasteiger partial charge in [0.1, 0.15) is 11.6 Å². The van der Waals surface area contributed by atoms with Crippen LogP contribution in [0.15, 0.2) is 48.6 Å². The maximum absolute atomic E-state index is 14.3. The molecule has 214 valence electrons. The molecule has 4 heterocycles. The Hall–Kier alpha value is -3.85. The Morgan fingerprint density at radius 3 is 2.51 bits per heavy atom. The molecule has 2 bridgehead atoms. The van der Waals surface area contributed by atoms with Crippen LogP contribution >= 0.6 is 0 Å². The molecular weight excluding hydrogens is 522 g/mol. The molecule has 0 radical (unpaired) electrons. The quantitative estimate of drug-likeness (QED) is 0.524. The molecule has 0 aromatic heterocycles. The van der Waals surface area contributed by atoms with Gasteiger partial charge < -0.3 is 29.7 Å². The molecule has 5 unspecified atom stereocenters. The first-order valence-corrected chi connectivity index (χ1v) is 14.6. The molecule has 41 heavy (non-hydrogen) atoms. The lowest BCUT2D eigenvalue weighted by atomic mass is 9.74. The minimum atomic E-state index is -1.21. The maximum atomic E-state index is 14.3. The zero-order valence-corrected chi connectivity index (χ0v) is 23.4. The van der Waals surface area contributed by atoms with Gasteiger partial charge in [-0.3, -0.25) is 14.4 Å². The number of ether oxygens (including phenoxy) is 3. The highest BCUT2D eigenvalue weighted by atomic mass is 16.7. The second-order valence-corrected chi connectivity index (χ2v) is 12.1. The Morgan fingerprint density at radius 1 is 0.976 bits per heavy atom. The van der Waals surface area contributed by atoms with Crippen LogP contribution in [0.3, 0.4) is 0 Å². The first kappa shape index (κ1) is 26.1. The van der Waals surface area contributed by atoms with Crippen LogP contribution in [0.4, 0.5) is 5.69 Å². The molecular formula is C32H35N3O6.